The number of hydrogen-bond donors (Lipinski definition) is 1. The lowest BCUT2D eigenvalue weighted by molar-refractivity contribution is 0.133. The Labute approximate surface area is 139 Å². The van der Waals surface area contributed by atoms with E-state index in [1.165, 1.54) is 47.9 Å². The molecule has 122 valence electrons. The minimum atomic E-state index is 0.467. The molecule has 0 heterocycles. The van der Waals surface area contributed by atoms with Gasteiger partial charge in [-0.05, 0) is 48.4 Å². The second kappa shape index (κ2) is 8.28. The topological polar surface area (TPSA) is 21.3 Å². The Morgan fingerprint density at radius 1 is 1.00 bits per heavy atom. The highest BCUT2D eigenvalue weighted by atomic mass is 16.5. The minimum Gasteiger partial charge on any atom is -0.377 e. The zero-order chi connectivity index (χ0) is 15.9. The summed E-state index contributed by atoms with van der Waals surface area (Å²) in [6, 6.07) is 18.0. The molecule has 0 aliphatic heterocycles. The van der Waals surface area contributed by atoms with Crippen LogP contribution in [0.25, 0.3) is 0 Å². The van der Waals surface area contributed by atoms with E-state index in [4.69, 9.17) is 4.74 Å². The average molecular weight is 309 g/mol. The Morgan fingerprint density at radius 2 is 1.78 bits per heavy atom. The molecule has 0 amide bonds. The first-order valence-corrected chi connectivity index (χ1v) is 8.84. The lowest BCUT2D eigenvalue weighted by atomic mass is 9.98. The van der Waals surface area contributed by atoms with Crippen LogP contribution in [0.5, 0.6) is 0 Å². The van der Waals surface area contributed by atoms with Gasteiger partial charge in [-0.15, -0.1) is 0 Å². The van der Waals surface area contributed by atoms with E-state index in [2.05, 4.69) is 53.8 Å². The van der Waals surface area contributed by atoms with Crippen molar-refractivity contribution in [2.75, 3.05) is 6.61 Å². The fraction of sp³-hybridized carbons (Fsp3) is 0.429. The molecule has 1 aliphatic rings. The summed E-state index contributed by atoms with van der Waals surface area (Å²) < 4.78 is 5.60. The predicted molar refractivity (Wildman–Crippen MR) is 95.3 cm³/mol. The monoisotopic (exact) mass is 309 g/mol. The van der Waals surface area contributed by atoms with Crippen molar-refractivity contribution in [3.63, 3.8) is 0 Å². The van der Waals surface area contributed by atoms with E-state index in [1.807, 2.05) is 6.92 Å². The van der Waals surface area contributed by atoms with Crippen LogP contribution in [0, 0.1) is 0 Å². The maximum atomic E-state index is 5.60. The lowest BCUT2D eigenvalue weighted by Gasteiger charge is -2.20. The van der Waals surface area contributed by atoms with Crippen LogP contribution >= 0.6 is 0 Å². The summed E-state index contributed by atoms with van der Waals surface area (Å²) in [6.45, 7) is 4.42. The molecular formula is C21H27NO. The Balaban J connectivity index is 1.71. The minimum absolute atomic E-state index is 0.467. The molecule has 0 aromatic heterocycles. The molecule has 2 aromatic rings. The molecule has 0 saturated carbocycles. The number of hydrogen-bond acceptors (Lipinski definition) is 2. The third kappa shape index (κ3) is 4.21. The van der Waals surface area contributed by atoms with Crippen molar-refractivity contribution in [3.05, 3.63) is 70.8 Å². The Bertz CT molecular complexity index is 623. The van der Waals surface area contributed by atoms with E-state index in [-0.39, 0.29) is 0 Å². The van der Waals surface area contributed by atoms with E-state index >= 15 is 0 Å². The first-order chi connectivity index (χ1) is 11.4. The third-order valence-electron chi connectivity index (χ3n) is 4.74. The molecular weight excluding hydrogens is 282 g/mol. The van der Waals surface area contributed by atoms with Crippen LogP contribution in [0.15, 0.2) is 48.5 Å². The lowest BCUT2D eigenvalue weighted by Crippen LogP contribution is -2.22. The maximum Gasteiger partial charge on any atom is 0.0719 e. The van der Waals surface area contributed by atoms with Crippen LogP contribution in [-0.2, 0) is 24.3 Å². The summed E-state index contributed by atoms with van der Waals surface area (Å²) in [7, 11) is 0. The fourth-order valence-corrected chi connectivity index (χ4v) is 3.45. The van der Waals surface area contributed by atoms with Gasteiger partial charge in [0.15, 0.2) is 0 Å². The molecule has 1 N–H and O–H groups in total. The smallest absolute Gasteiger partial charge is 0.0719 e. The summed E-state index contributed by atoms with van der Waals surface area (Å²) in [4.78, 5) is 0. The summed E-state index contributed by atoms with van der Waals surface area (Å²) in [5.41, 5.74) is 5.66. The van der Waals surface area contributed by atoms with E-state index in [1.54, 1.807) is 0 Å². The molecule has 1 atom stereocenters. The number of rotatable bonds is 6. The van der Waals surface area contributed by atoms with Gasteiger partial charge in [0, 0.05) is 19.2 Å². The van der Waals surface area contributed by atoms with Crippen molar-refractivity contribution in [1.82, 2.24) is 5.32 Å². The van der Waals surface area contributed by atoms with E-state index in [0.29, 0.717) is 12.6 Å². The van der Waals surface area contributed by atoms with Crippen LogP contribution in [0.1, 0.15) is 54.5 Å². The zero-order valence-electron chi connectivity index (χ0n) is 14.1. The molecule has 2 heteroatoms. The predicted octanol–water partition coefficient (Wildman–Crippen LogP) is 4.78. The Kier molecular flexibility index (Phi) is 5.84. The van der Waals surface area contributed by atoms with Crippen molar-refractivity contribution < 1.29 is 4.74 Å². The first-order valence-electron chi connectivity index (χ1n) is 8.84. The van der Waals surface area contributed by atoms with Gasteiger partial charge in [-0.2, -0.15) is 0 Å². The van der Waals surface area contributed by atoms with Gasteiger partial charge in [-0.25, -0.2) is 0 Å². The molecule has 0 radical (unpaired) electrons. The summed E-state index contributed by atoms with van der Waals surface area (Å²) in [6.07, 6.45) is 5.04. The number of aryl methyl sites for hydroxylation is 1. The van der Waals surface area contributed by atoms with Gasteiger partial charge in [0.05, 0.1) is 6.61 Å². The second-order valence-electron chi connectivity index (χ2n) is 6.28. The maximum absolute atomic E-state index is 5.60. The summed E-state index contributed by atoms with van der Waals surface area (Å²) >= 11 is 0. The van der Waals surface area contributed by atoms with E-state index in [9.17, 15) is 0 Å². The number of nitrogens with one attached hydrogen (secondary N) is 1. The third-order valence-corrected chi connectivity index (χ3v) is 4.74. The highest BCUT2D eigenvalue weighted by Gasteiger charge is 2.17. The van der Waals surface area contributed by atoms with E-state index < -0.39 is 0 Å². The highest BCUT2D eigenvalue weighted by molar-refractivity contribution is 5.32. The van der Waals surface area contributed by atoms with Crippen molar-refractivity contribution in [1.29, 1.82) is 0 Å². The van der Waals surface area contributed by atoms with Gasteiger partial charge >= 0.3 is 0 Å². The van der Waals surface area contributed by atoms with Gasteiger partial charge in [-0.1, -0.05) is 55.0 Å². The molecule has 0 bridgehead atoms. The van der Waals surface area contributed by atoms with Crippen LogP contribution in [0.2, 0.25) is 0 Å². The van der Waals surface area contributed by atoms with Crippen molar-refractivity contribution in [2.45, 2.75) is 51.8 Å². The first kappa shape index (κ1) is 16.2. The quantitative estimate of drug-likeness (QED) is 0.775. The van der Waals surface area contributed by atoms with Gasteiger partial charge < -0.3 is 10.1 Å². The number of benzene rings is 2. The average Bonchev–Trinajstić information content (AvgIpc) is 2.81. The second-order valence-corrected chi connectivity index (χ2v) is 6.28. The molecule has 0 fully saturated rings. The molecule has 0 spiro atoms. The highest BCUT2D eigenvalue weighted by Crippen LogP contribution is 2.29. The van der Waals surface area contributed by atoms with Gasteiger partial charge in [0.1, 0.15) is 0 Å². The standard InChI is InChI=1S/C21H27NO/c1-2-23-16-19-12-4-3-11-18(19)15-22-21-14-8-6-10-17-9-5-7-13-20(17)21/h3-5,7,9,11-13,21-22H,2,6,8,10,14-16H2,1H3. The van der Waals surface area contributed by atoms with Crippen LogP contribution in [0.3, 0.4) is 0 Å². The number of ether oxygens (including phenoxy) is 1. The molecule has 23 heavy (non-hydrogen) atoms. The summed E-state index contributed by atoms with van der Waals surface area (Å²) in [5.74, 6) is 0. The normalized spacial score (nSPS) is 17.5. The SMILES string of the molecule is CCOCc1ccccc1CNC1CCCCc2ccccc21. The van der Waals surface area contributed by atoms with Crippen LogP contribution < -0.4 is 5.32 Å². The molecule has 3 rings (SSSR count). The molecule has 2 nitrogen and oxygen atoms in total. The van der Waals surface area contributed by atoms with Crippen LogP contribution in [-0.4, -0.2) is 6.61 Å². The van der Waals surface area contributed by atoms with Crippen molar-refractivity contribution in [2.24, 2.45) is 0 Å². The molecule has 1 unspecified atom stereocenters. The largest absolute Gasteiger partial charge is 0.377 e. The molecule has 0 saturated heterocycles. The fourth-order valence-electron chi connectivity index (χ4n) is 3.45. The number of fused-ring (bicyclic) bond motifs is 1. The van der Waals surface area contributed by atoms with Gasteiger partial charge in [0.2, 0.25) is 0 Å². The van der Waals surface area contributed by atoms with Gasteiger partial charge in [0.25, 0.3) is 0 Å². The van der Waals surface area contributed by atoms with Gasteiger partial charge in [-0.3, -0.25) is 0 Å². The zero-order valence-corrected chi connectivity index (χ0v) is 14.1. The molecule has 2 aromatic carbocycles. The van der Waals surface area contributed by atoms with Crippen LogP contribution in [0.4, 0.5) is 0 Å². The van der Waals surface area contributed by atoms with Crippen molar-refractivity contribution >= 4 is 0 Å². The Morgan fingerprint density at radius 3 is 2.65 bits per heavy atom. The molecule has 1 aliphatic carbocycles. The Hall–Kier alpha value is -1.64. The van der Waals surface area contributed by atoms with E-state index in [0.717, 1.165) is 13.2 Å². The summed E-state index contributed by atoms with van der Waals surface area (Å²) in [5, 5.41) is 3.80. The van der Waals surface area contributed by atoms with Crippen molar-refractivity contribution in [3.8, 4) is 0 Å².